The van der Waals surface area contributed by atoms with Crippen molar-refractivity contribution < 1.29 is 18.7 Å². The molecule has 4 nitrogen and oxygen atoms in total. The van der Waals surface area contributed by atoms with E-state index in [9.17, 15) is 9.18 Å². The average Bonchev–Trinajstić information content (AvgIpc) is 2.80. The Balaban J connectivity index is 2.36. The zero-order valence-electron chi connectivity index (χ0n) is 10.0. The van der Waals surface area contributed by atoms with Gasteiger partial charge in [-0.2, -0.15) is 0 Å². The lowest BCUT2D eigenvalue weighted by molar-refractivity contribution is 0.0702. The van der Waals surface area contributed by atoms with E-state index in [-0.39, 0.29) is 30.4 Å². The number of carbonyl (C=O) groups is 1. The van der Waals surface area contributed by atoms with Gasteiger partial charge in [0, 0.05) is 18.5 Å². The molecular formula is C13H14FNO3. The summed E-state index contributed by atoms with van der Waals surface area (Å²) in [7, 11) is 0. The maximum absolute atomic E-state index is 13.4. The quantitative estimate of drug-likeness (QED) is 0.904. The molecule has 2 rings (SSSR count). The summed E-state index contributed by atoms with van der Waals surface area (Å²) in [6.07, 6.45) is 0. The highest BCUT2D eigenvalue weighted by Gasteiger charge is 2.19. The number of likely N-dealkylation sites (N-methyl/N-ethyl adjacent to an activating group) is 1. The third-order valence-corrected chi connectivity index (χ3v) is 2.75. The van der Waals surface area contributed by atoms with Crippen molar-refractivity contribution >= 4 is 16.9 Å². The molecule has 0 saturated carbocycles. The Labute approximate surface area is 104 Å². The van der Waals surface area contributed by atoms with Gasteiger partial charge in [-0.25, -0.2) is 4.39 Å². The van der Waals surface area contributed by atoms with Gasteiger partial charge in [0.1, 0.15) is 0 Å². The van der Waals surface area contributed by atoms with Crippen LogP contribution in [0.25, 0.3) is 11.0 Å². The van der Waals surface area contributed by atoms with Crippen molar-refractivity contribution in [3.63, 3.8) is 0 Å². The topological polar surface area (TPSA) is 53.7 Å². The van der Waals surface area contributed by atoms with Crippen molar-refractivity contribution in [2.24, 2.45) is 0 Å². The number of aliphatic hydroxyl groups excluding tert-OH is 1. The molecule has 96 valence electrons. The molecule has 0 aliphatic heterocycles. The van der Waals surface area contributed by atoms with E-state index in [0.29, 0.717) is 11.9 Å². The first-order chi connectivity index (χ1) is 8.67. The smallest absolute Gasteiger partial charge is 0.289 e. The molecule has 5 heteroatoms. The van der Waals surface area contributed by atoms with Gasteiger partial charge in [0.05, 0.1) is 6.61 Å². The number of hydrogen-bond acceptors (Lipinski definition) is 3. The SMILES string of the molecule is CCN(CCO)C(=O)c1cc2cccc(F)c2o1. The highest BCUT2D eigenvalue weighted by Crippen LogP contribution is 2.22. The molecule has 1 aromatic carbocycles. The van der Waals surface area contributed by atoms with Crippen molar-refractivity contribution in [2.45, 2.75) is 6.92 Å². The zero-order valence-corrected chi connectivity index (χ0v) is 10.0. The molecule has 0 radical (unpaired) electrons. The van der Waals surface area contributed by atoms with Crippen LogP contribution in [0.4, 0.5) is 4.39 Å². The van der Waals surface area contributed by atoms with Gasteiger partial charge >= 0.3 is 0 Å². The van der Waals surface area contributed by atoms with Crippen LogP contribution < -0.4 is 0 Å². The minimum atomic E-state index is -0.489. The van der Waals surface area contributed by atoms with Gasteiger partial charge in [-0.05, 0) is 19.1 Å². The van der Waals surface area contributed by atoms with E-state index < -0.39 is 5.82 Å². The third kappa shape index (κ3) is 2.22. The van der Waals surface area contributed by atoms with Gasteiger partial charge in [-0.1, -0.05) is 12.1 Å². The highest BCUT2D eigenvalue weighted by atomic mass is 19.1. The first kappa shape index (κ1) is 12.6. The maximum atomic E-state index is 13.4. The van der Waals surface area contributed by atoms with E-state index >= 15 is 0 Å². The van der Waals surface area contributed by atoms with E-state index in [0.717, 1.165) is 0 Å². The third-order valence-electron chi connectivity index (χ3n) is 2.75. The Morgan fingerprint density at radius 3 is 2.89 bits per heavy atom. The van der Waals surface area contributed by atoms with E-state index in [1.807, 2.05) is 0 Å². The number of halogens is 1. The molecule has 0 saturated heterocycles. The Hall–Kier alpha value is -1.88. The fourth-order valence-corrected chi connectivity index (χ4v) is 1.81. The number of rotatable bonds is 4. The van der Waals surface area contributed by atoms with Crippen molar-refractivity contribution in [1.82, 2.24) is 4.90 Å². The maximum Gasteiger partial charge on any atom is 0.289 e. The Morgan fingerprint density at radius 1 is 1.50 bits per heavy atom. The van der Waals surface area contributed by atoms with E-state index in [1.165, 1.54) is 17.0 Å². The molecule has 1 aromatic heterocycles. The summed E-state index contributed by atoms with van der Waals surface area (Å²) in [4.78, 5) is 13.5. The van der Waals surface area contributed by atoms with Crippen LogP contribution in [0.3, 0.4) is 0 Å². The predicted molar refractivity (Wildman–Crippen MR) is 64.8 cm³/mol. The molecule has 1 amide bonds. The number of benzene rings is 1. The first-order valence-corrected chi connectivity index (χ1v) is 5.75. The first-order valence-electron chi connectivity index (χ1n) is 5.75. The molecule has 18 heavy (non-hydrogen) atoms. The van der Waals surface area contributed by atoms with Gasteiger partial charge < -0.3 is 14.4 Å². The van der Waals surface area contributed by atoms with Crippen LogP contribution in [0.5, 0.6) is 0 Å². The van der Waals surface area contributed by atoms with Crippen molar-refractivity contribution in [3.05, 3.63) is 35.8 Å². The Kier molecular flexibility index (Phi) is 3.62. The molecule has 2 aromatic rings. The van der Waals surface area contributed by atoms with Gasteiger partial charge in [0.15, 0.2) is 17.2 Å². The summed E-state index contributed by atoms with van der Waals surface area (Å²) in [6, 6.07) is 6.04. The fraction of sp³-hybridized carbons (Fsp3) is 0.308. The monoisotopic (exact) mass is 251 g/mol. The van der Waals surface area contributed by atoms with Crippen LogP contribution in [0.2, 0.25) is 0 Å². The number of fused-ring (bicyclic) bond motifs is 1. The van der Waals surface area contributed by atoms with Crippen molar-refractivity contribution in [1.29, 1.82) is 0 Å². The number of furan rings is 1. The largest absolute Gasteiger partial charge is 0.448 e. The molecular weight excluding hydrogens is 237 g/mol. The van der Waals surface area contributed by atoms with Gasteiger partial charge in [0.25, 0.3) is 5.91 Å². The summed E-state index contributed by atoms with van der Waals surface area (Å²) >= 11 is 0. The lowest BCUT2D eigenvalue weighted by Gasteiger charge is -2.17. The summed E-state index contributed by atoms with van der Waals surface area (Å²) in [6.45, 7) is 2.37. The van der Waals surface area contributed by atoms with Gasteiger partial charge in [-0.15, -0.1) is 0 Å². The molecule has 0 atom stereocenters. The number of hydrogen-bond donors (Lipinski definition) is 1. The highest BCUT2D eigenvalue weighted by molar-refractivity contribution is 5.96. The molecule has 0 fully saturated rings. The summed E-state index contributed by atoms with van der Waals surface area (Å²) in [5.41, 5.74) is 0.0842. The van der Waals surface area contributed by atoms with E-state index in [2.05, 4.69) is 0 Å². The Bertz CT molecular complexity index is 564. The van der Waals surface area contributed by atoms with Crippen molar-refractivity contribution in [3.8, 4) is 0 Å². The fourth-order valence-electron chi connectivity index (χ4n) is 1.81. The van der Waals surface area contributed by atoms with Crippen LogP contribution in [0.1, 0.15) is 17.5 Å². The summed E-state index contributed by atoms with van der Waals surface area (Å²) in [5.74, 6) is -0.746. The Morgan fingerprint density at radius 2 is 2.28 bits per heavy atom. The number of para-hydroxylation sites is 1. The number of amides is 1. The molecule has 1 heterocycles. The van der Waals surface area contributed by atoms with Crippen molar-refractivity contribution in [2.75, 3.05) is 19.7 Å². The second-order valence-corrected chi connectivity index (χ2v) is 3.88. The molecule has 0 spiro atoms. The number of carbonyl (C=O) groups excluding carboxylic acids is 1. The molecule has 0 bridgehead atoms. The van der Waals surface area contributed by atoms with Crippen LogP contribution in [0, 0.1) is 5.82 Å². The van der Waals surface area contributed by atoms with Gasteiger partial charge in [0.2, 0.25) is 0 Å². The minimum absolute atomic E-state index is 0.0842. The lowest BCUT2D eigenvalue weighted by Crippen LogP contribution is -2.33. The summed E-state index contributed by atoms with van der Waals surface area (Å²) < 4.78 is 18.7. The standard InChI is InChI=1S/C13H14FNO3/c1-2-15(6-7-16)13(17)11-8-9-4-3-5-10(14)12(9)18-11/h3-5,8,16H,2,6-7H2,1H3. The van der Waals surface area contributed by atoms with Crippen LogP contribution >= 0.6 is 0 Å². The molecule has 1 N–H and O–H groups in total. The van der Waals surface area contributed by atoms with Crippen LogP contribution in [-0.4, -0.2) is 35.6 Å². The lowest BCUT2D eigenvalue weighted by atomic mass is 10.2. The van der Waals surface area contributed by atoms with Crippen LogP contribution in [0.15, 0.2) is 28.7 Å². The zero-order chi connectivity index (χ0) is 13.1. The van der Waals surface area contributed by atoms with E-state index in [4.69, 9.17) is 9.52 Å². The van der Waals surface area contributed by atoms with E-state index in [1.54, 1.807) is 19.1 Å². The normalized spacial score (nSPS) is 10.8. The molecule has 0 aliphatic carbocycles. The number of nitrogens with zero attached hydrogens (tertiary/aromatic N) is 1. The predicted octanol–water partition coefficient (Wildman–Crippen LogP) is 2.03. The minimum Gasteiger partial charge on any atom is -0.448 e. The number of aliphatic hydroxyl groups is 1. The average molecular weight is 251 g/mol. The molecule has 0 unspecified atom stereocenters. The summed E-state index contributed by atoms with van der Waals surface area (Å²) in [5, 5.41) is 9.42. The van der Waals surface area contributed by atoms with Crippen LogP contribution in [-0.2, 0) is 0 Å². The second-order valence-electron chi connectivity index (χ2n) is 3.88. The second kappa shape index (κ2) is 5.18. The molecule has 0 aliphatic rings. The van der Waals surface area contributed by atoms with Gasteiger partial charge in [-0.3, -0.25) is 4.79 Å².